The highest BCUT2D eigenvalue weighted by Crippen LogP contribution is 2.28. The number of aryl methyl sites for hydroxylation is 1. The summed E-state index contributed by atoms with van der Waals surface area (Å²) < 4.78 is 5.66. The van der Waals surface area contributed by atoms with E-state index < -0.39 is 11.8 Å². The standard InChI is InChI=1S/C19H15ClN2O4/c1-11-14-10-13(20)7-8-16(14)26-18(11)19(24)21-15-5-3-2-4-12(15)6-9-17(23)22-25/h2-10,25H,1H3,(H,21,24)(H,22,23)/b9-6+. The first-order valence-corrected chi connectivity index (χ1v) is 8.08. The van der Waals surface area contributed by atoms with Crippen molar-refractivity contribution in [2.24, 2.45) is 0 Å². The molecule has 0 atom stereocenters. The van der Waals surface area contributed by atoms with Crippen LogP contribution in [-0.2, 0) is 4.79 Å². The largest absolute Gasteiger partial charge is 0.451 e. The number of fused-ring (bicyclic) bond motifs is 1. The Balaban J connectivity index is 1.90. The van der Waals surface area contributed by atoms with Crippen molar-refractivity contribution in [3.8, 4) is 0 Å². The molecule has 0 aliphatic carbocycles. The number of hydroxylamine groups is 1. The molecule has 0 aliphatic rings. The number of para-hydroxylation sites is 1. The zero-order chi connectivity index (χ0) is 18.7. The third kappa shape index (κ3) is 3.61. The maximum absolute atomic E-state index is 12.7. The summed E-state index contributed by atoms with van der Waals surface area (Å²) in [6.07, 6.45) is 2.63. The van der Waals surface area contributed by atoms with Crippen LogP contribution in [0.1, 0.15) is 21.7 Å². The van der Waals surface area contributed by atoms with Crippen molar-refractivity contribution in [1.82, 2.24) is 5.48 Å². The molecule has 1 heterocycles. The summed E-state index contributed by atoms with van der Waals surface area (Å²) in [4.78, 5) is 23.8. The van der Waals surface area contributed by atoms with Gasteiger partial charge >= 0.3 is 0 Å². The van der Waals surface area contributed by atoms with Crippen molar-refractivity contribution in [3.05, 3.63) is 70.5 Å². The molecule has 0 bridgehead atoms. The molecule has 7 heteroatoms. The Bertz CT molecular complexity index is 1020. The van der Waals surface area contributed by atoms with Crippen molar-refractivity contribution in [2.75, 3.05) is 5.32 Å². The second-order valence-corrected chi connectivity index (χ2v) is 5.98. The van der Waals surface area contributed by atoms with E-state index in [0.717, 1.165) is 11.5 Å². The number of benzene rings is 2. The topological polar surface area (TPSA) is 91.6 Å². The molecule has 3 aromatic rings. The Morgan fingerprint density at radius 3 is 2.73 bits per heavy atom. The van der Waals surface area contributed by atoms with Crippen LogP contribution in [0, 0.1) is 6.92 Å². The molecule has 2 aromatic carbocycles. The van der Waals surface area contributed by atoms with Gasteiger partial charge in [0.25, 0.3) is 11.8 Å². The molecule has 2 amide bonds. The fraction of sp³-hybridized carbons (Fsp3) is 0.0526. The number of carbonyl (C=O) groups excluding carboxylic acids is 2. The molecule has 0 saturated carbocycles. The number of carbonyl (C=O) groups is 2. The quantitative estimate of drug-likeness (QED) is 0.365. The lowest BCUT2D eigenvalue weighted by atomic mass is 10.1. The summed E-state index contributed by atoms with van der Waals surface area (Å²) in [5, 5.41) is 12.7. The Morgan fingerprint density at radius 1 is 1.19 bits per heavy atom. The number of furan rings is 1. The van der Waals surface area contributed by atoms with Crippen molar-refractivity contribution in [1.29, 1.82) is 0 Å². The molecule has 0 unspecified atom stereocenters. The second kappa shape index (κ2) is 7.43. The Hall–Kier alpha value is -3.09. The molecular weight excluding hydrogens is 356 g/mol. The first-order chi connectivity index (χ1) is 12.5. The maximum Gasteiger partial charge on any atom is 0.291 e. The predicted molar refractivity (Wildman–Crippen MR) is 99.3 cm³/mol. The summed E-state index contributed by atoms with van der Waals surface area (Å²) >= 11 is 6.00. The summed E-state index contributed by atoms with van der Waals surface area (Å²) in [6.45, 7) is 1.79. The van der Waals surface area contributed by atoms with Gasteiger partial charge < -0.3 is 9.73 Å². The first-order valence-electron chi connectivity index (χ1n) is 7.71. The van der Waals surface area contributed by atoms with E-state index in [-0.39, 0.29) is 5.76 Å². The van der Waals surface area contributed by atoms with Crippen LogP contribution in [-0.4, -0.2) is 17.0 Å². The number of hydrogen-bond acceptors (Lipinski definition) is 4. The van der Waals surface area contributed by atoms with Crippen LogP contribution in [0.5, 0.6) is 0 Å². The molecule has 6 nitrogen and oxygen atoms in total. The molecule has 0 aliphatic heterocycles. The Morgan fingerprint density at radius 2 is 1.96 bits per heavy atom. The lowest BCUT2D eigenvalue weighted by Crippen LogP contribution is -2.15. The fourth-order valence-electron chi connectivity index (χ4n) is 2.55. The van der Waals surface area contributed by atoms with E-state index in [1.165, 1.54) is 11.6 Å². The van der Waals surface area contributed by atoms with Crippen LogP contribution in [0.25, 0.3) is 17.0 Å². The van der Waals surface area contributed by atoms with Crippen LogP contribution in [0.2, 0.25) is 5.02 Å². The lowest BCUT2D eigenvalue weighted by molar-refractivity contribution is -0.124. The van der Waals surface area contributed by atoms with E-state index in [1.54, 1.807) is 49.4 Å². The minimum atomic E-state index is -0.670. The average molecular weight is 371 g/mol. The van der Waals surface area contributed by atoms with E-state index in [9.17, 15) is 9.59 Å². The highest BCUT2D eigenvalue weighted by molar-refractivity contribution is 6.31. The predicted octanol–water partition coefficient (Wildman–Crippen LogP) is 4.17. The Kier molecular flexibility index (Phi) is 5.06. The van der Waals surface area contributed by atoms with Crippen LogP contribution >= 0.6 is 11.6 Å². The normalized spacial score (nSPS) is 11.0. The summed E-state index contributed by atoms with van der Waals surface area (Å²) in [7, 11) is 0. The molecular formula is C19H15ClN2O4. The maximum atomic E-state index is 12.7. The monoisotopic (exact) mass is 370 g/mol. The summed E-state index contributed by atoms with van der Waals surface area (Å²) in [6, 6.07) is 12.1. The van der Waals surface area contributed by atoms with Gasteiger partial charge in [-0.15, -0.1) is 0 Å². The SMILES string of the molecule is Cc1c(C(=O)Nc2ccccc2/C=C/C(=O)NO)oc2ccc(Cl)cc12. The molecule has 1 aromatic heterocycles. The number of anilines is 1. The molecule has 3 rings (SSSR count). The highest BCUT2D eigenvalue weighted by atomic mass is 35.5. The van der Waals surface area contributed by atoms with Crippen LogP contribution in [0.15, 0.2) is 53.0 Å². The van der Waals surface area contributed by atoms with E-state index >= 15 is 0 Å². The minimum Gasteiger partial charge on any atom is -0.451 e. The third-order valence-electron chi connectivity index (χ3n) is 3.84. The fourth-order valence-corrected chi connectivity index (χ4v) is 2.72. The van der Waals surface area contributed by atoms with Gasteiger partial charge in [0.15, 0.2) is 5.76 Å². The first kappa shape index (κ1) is 17.7. The van der Waals surface area contributed by atoms with Gasteiger partial charge in [0.2, 0.25) is 0 Å². The van der Waals surface area contributed by atoms with Gasteiger partial charge in [-0.2, -0.15) is 0 Å². The van der Waals surface area contributed by atoms with E-state index in [1.807, 2.05) is 0 Å². The van der Waals surface area contributed by atoms with Crippen LogP contribution in [0.4, 0.5) is 5.69 Å². The van der Waals surface area contributed by atoms with Gasteiger partial charge in [0.05, 0.1) is 0 Å². The van der Waals surface area contributed by atoms with Crippen molar-refractivity contribution in [2.45, 2.75) is 6.92 Å². The number of hydrogen-bond donors (Lipinski definition) is 3. The van der Waals surface area contributed by atoms with Gasteiger partial charge in [0.1, 0.15) is 5.58 Å². The highest BCUT2D eigenvalue weighted by Gasteiger charge is 2.18. The summed E-state index contributed by atoms with van der Waals surface area (Å²) in [5.74, 6) is -0.896. The smallest absolute Gasteiger partial charge is 0.291 e. The van der Waals surface area contributed by atoms with Crippen molar-refractivity contribution >= 4 is 46.1 Å². The second-order valence-electron chi connectivity index (χ2n) is 5.55. The van der Waals surface area contributed by atoms with Crippen molar-refractivity contribution in [3.63, 3.8) is 0 Å². The average Bonchev–Trinajstić information content (AvgIpc) is 2.97. The zero-order valence-electron chi connectivity index (χ0n) is 13.7. The molecule has 0 spiro atoms. The molecule has 0 radical (unpaired) electrons. The number of amides is 2. The number of nitrogens with one attached hydrogen (secondary N) is 2. The van der Waals surface area contributed by atoms with E-state index in [2.05, 4.69) is 5.32 Å². The van der Waals surface area contributed by atoms with Gasteiger partial charge in [-0.3, -0.25) is 14.8 Å². The zero-order valence-corrected chi connectivity index (χ0v) is 14.5. The lowest BCUT2D eigenvalue weighted by Gasteiger charge is -2.07. The molecule has 0 saturated heterocycles. The van der Waals surface area contributed by atoms with E-state index in [0.29, 0.717) is 27.4 Å². The molecule has 3 N–H and O–H groups in total. The van der Waals surface area contributed by atoms with Gasteiger partial charge in [-0.25, -0.2) is 5.48 Å². The molecule has 0 fully saturated rings. The third-order valence-corrected chi connectivity index (χ3v) is 4.07. The number of halogens is 1. The van der Waals surface area contributed by atoms with Gasteiger partial charge in [-0.05, 0) is 42.8 Å². The van der Waals surface area contributed by atoms with Crippen LogP contribution in [0.3, 0.4) is 0 Å². The van der Waals surface area contributed by atoms with E-state index in [4.69, 9.17) is 21.2 Å². The molecule has 132 valence electrons. The van der Waals surface area contributed by atoms with Crippen molar-refractivity contribution < 1.29 is 19.2 Å². The minimum absolute atomic E-state index is 0.189. The summed E-state index contributed by atoms with van der Waals surface area (Å²) in [5.41, 5.74) is 3.87. The van der Waals surface area contributed by atoms with Gasteiger partial charge in [-0.1, -0.05) is 29.8 Å². The Labute approximate surface area is 154 Å². The number of rotatable bonds is 4. The molecule has 26 heavy (non-hydrogen) atoms. The van der Waals surface area contributed by atoms with Gasteiger partial charge in [0, 0.05) is 27.7 Å². The van der Waals surface area contributed by atoms with Crippen LogP contribution < -0.4 is 10.8 Å².